The van der Waals surface area contributed by atoms with Crippen LogP contribution >= 0.6 is 0 Å². The molecule has 0 atom stereocenters. The third-order valence-corrected chi connectivity index (χ3v) is 1.97. The van der Waals surface area contributed by atoms with Crippen molar-refractivity contribution in [3.05, 3.63) is 30.7 Å². The van der Waals surface area contributed by atoms with Crippen LogP contribution in [0.4, 0.5) is 0 Å². The quantitative estimate of drug-likeness (QED) is 0.587. The summed E-state index contributed by atoms with van der Waals surface area (Å²) in [7, 11) is 0. The molecule has 0 aliphatic rings. The van der Waals surface area contributed by atoms with Crippen LogP contribution < -0.4 is 0 Å². The summed E-state index contributed by atoms with van der Waals surface area (Å²) in [6.07, 6.45) is 6.25. The van der Waals surface area contributed by atoms with Crippen molar-refractivity contribution in [1.82, 2.24) is 8.97 Å². The van der Waals surface area contributed by atoms with E-state index in [9.17, 15) is 0 Å². The summed E-state index contributed by atoms with van der Waals surface area (Å²) in [5, 5.41) is 0. The molecule has 2 rings (SSSR count). The minimum atomic E-state index is 0.544. The highest BCUT2D eigenvalue weighted by atomic mass is 15.1. The number of hydrogen-bond donors (Lipinski definition) is 0. The number of imidazole rings is 1. The van der Waals surface area contributed by atoms with E-state index >= 15 is 0 Å². The Morgan fingerprint density at radius 1 is 1.18 bits per heavy atom. The molecule has 0 unspecified atom stereocenters. The second-order valence-electron chi connectivity index (χ2n) is 3.07. The van der Waals surface area contributed by atoms with E-state index in [0.717, 1.165) is 0 Å². The van der Waals surface area contributed by atoms with E-state index in [1.165, 1.54) is 5.65 Å². The van der Waals surface area contributed by atoms with E-state index in [0.29, 0.717) is 6.04 Å². The number of fused-ring (bicyclic) bond motifs is 1. The van der Waals surface area contributed by atoms with Crippen LogP contribution in [0.2, 0.25) is 0 Å². The lowest BCUT2D eigenvalue weighted by molar-refractivity contribution is 0.620. The van der Waals surface area contributed by atoms with Gasteiger partial charge in [0.1, 0.15) is 5.65 Å². The van der Waals surface area contributed by atoms with Gasteiger partial charge >= 0.3 is 0 Å². The smallest absolute Gasteiger partial charge is 0.116 e. The first-order chi connectivity index (χ1) is 5.29. The standard InChI is InChI=1S/C9H12N2/c1-8(2)11-7-6-10-5-3-4-9(10)11/h3-8H,1-2H3. The van der Waals surface area contributed by atoms with Crippen molar-refractivity contribution in [3.8, 4) is 0 Å². The molecule has 2 aromatic rings. The van der Waals surface area contributed by atoms with E-state index in [-0.39, 0.29) is 0 Å². The van der Waals surface area contributed by atoms with Gasteiger partial charge in [-0.3, -0.25) is 0 Å². The lowest BCUT2D eigenvalue weighted by Gasteiger charge is -2.06. The Hall–Kier alpha value is -1.18. The van der Waals surface area contributed by atoms with Crippen molar-refractivity contribution >= 4 is 5.65 Å². The van der Waals surface area contributed by atoms with E-state index in [1.54, 1.807) is 0 Å². The molecule has 0 radical (unpaired) electrons. The number of nitrogens with zero attached hydrogens (tertiary/aromatic N) is 2. The van der Waals surface area contributed by atoms with Crippen LogP contribution in [0.3, 0.4) is 0 Å². The Labute approximate surface area is 66.1 Å². The highest BCUT2D eigenvalue weighted by molar-refractivity contribution is 5.41. The minimum absolute atomic E-state index is 0.544. The van der Waals surface area contributed by atoms with Crippen LogP contribution in [-0.4, -0.2) is 8.97 Å². The number of aromatic nitrogens is 2. The van der Waals surface area contributed by atoms with Crippen molar-refractivity contribution < 1.29 is 0 Å². The third kappa shape index (κ3) is 0.862. The average molecular weight is 148 g/mol. The van der Waals surface area contributed by atoms with Crippen LogP contribution in [0.25, 0.3) is 5.65 Å². The van der Waals surface area contributed by atoms with Gasteiger partial charge in [0.05, 0.1) is 0 Å². The van der Waals surface area contributed by atoms with Crippen LogP contribution in [0.15, 0.2) is 30.7 Å². The highest BCUT2D eigenvalue weighted by Crippen LogP contribution is 2.12. The Bertz CT molecular complexity index is 354. The van der Waals surface area contributed by atoms with E-state index < -0.39 is 0 Å². The summed E-state index contributed by atoms with van der Waals surface area (Å²) in [5.74, 6) is 0. The monoisotopic (exact) mass is 148 g/mol. The normalized spacial score (nSPS) is 11.5. The maximum Gasteiger partial charge on any atom is 0.116 e. The number of hydrogen-bond acceptors (Lipinski definition) is 0. The fourth-order valence-electron chi connectivity index (χ4n) is 1.39. The molecule has 2 heteroatoms. The Balaban J connectivity index is 2.68. The van der Waals surface area contributed by atoms with Crippen molar-refractivity contribution in [2.24, 2.45) is 0 Å². The summed E-state index contributed by atoms with van der Waals surface area (Å²) >= 11 is 0. The maximum absolute atomic E-state index is 2.25. The molecule has 2 heterocycles. The first-order valence-electron chi connectivity index (χ1n) is 3.92. The number of rotatable bonds is 1. The zero-order valence-corrected chi connectivity index (χ0v) is 6.86. The molecule has 0 aliphatic heterocycles. The molecular formula is C9H12N2. The molecule has 2 nitrogen and oxygen atoms in total. The molecule has 58 valence electrons. The lowest BCUT2D eigenvalue weighted by Crippen LogP contribution is -1.97. The molecule has 2 aromatic heterocycles. The van der Waals surface area contributed by atoms with Gasteiger partial charge in [-0.15, -0.1) is 0 Å². The second-order valence-corrected chi connectivity index (χ2v) is 3.07. The van der Waals surface area contributed by atoms with Gasteiger partial charge in [0, 0.05) is 24.6 Å². The first-order valence-corrected chi connectivity index (χ1v) is 3.92. The molecule has 0 saturated heterocycles. The zero-order valence-electron chi connectivity index (χ0n) is 6.86. The summed E-state index contributed by atoms with van der Waals surface area (Å²) in [5.41, 5.74) is 1.26. The SMILES string of the molecule is CC(C)n1ccn2cccc12. The van der Waals surface area contributed by atoms with Crippen LogP contribution in [0.1, 0.15) is 19.9 Å². The van der Waals surface area contributed by atoms with Crippen LogP contribution in [-0.2, 0) is 0 Å². The average Bonchev–Trinajstić information content (AvgIpc) is 2.41. The Morgan fingerprint density at radius 3 is 2.73 bits per heavy atom. The molecule has 11 heavy (non-hydrogen) atoms. The van der Waals surface area contributed by atoms with Gasteiger partial charge in [-0.1, -0.05) is 0 Å². The van der Waals surface area contributed by atoms with Gasteiger partial charge < -0.3 is 8.97 Å². The predicted octanol–water partition coefficient (Wildman–Crippen LogP) is 2.32. The van der Waals surface area contributed by atoms with Crippen molar-refractivity contribution in [2.75, 3.05) is 0 Å². The first kappa shape index (κ1) is 6.53. The molecule has 0 N–H and O–H groups in total. The lowest BCUT2D eigenvalue weighted by atomic mass is 10.4. The molecule has 0 amide bonds. The second kappa shape index (κ2) is 2.16. The molecule has 0 fully saturated rings. The summed E-state index contributed by atoms with van der Waals surface area (Å²) in [6, 6.07) is 4.73. The molecule has 0 spiro atoms. The third-order valence-electron chi connectivity index (χ3n) is 1.97. The predicted molar refractivity (Wildman–Crippen MR) is 45.8 cm³/mol. The maximum atomic E-state index is 2.25. The van der Waals surface area contributed by atoms with E-state index in [2.05, 4.69) is 53.5 Å². The fraction of sp³-hybridized carbons (Fsp3) is 0.333. The fourth-order valence-corrected chi connectivity index (χ4v) is 1.39. The Morgan fingerprint density at radius 2 is 2.00 bits per heavy atom. The molecular weight excluding hydrogens is 136 g/mol. The summed E-state index contributed by atoms with van der Waals surface area (Å²) in [6.45, 7) is 4.38. The summed E-state index contributed by atoms with van der Waals surface area (Å²) < 4.78 is 4.38. The van der Waals surface area contributed by atoms with Crippen LogP contribution in [0.5, 0.6) is 0 Å². The highest BCUT2D eigenvalue weighted by Gasteiger charge is 2.01. The van der Waals surface area contributed by atoms with Gasteiger partial charge in [0.25, 0.3) is 0 Å². The summed E-state index contributed by atoms with van der Waals surface area (Å²) in [4.78, 5) is 0. The topological polar surface area (TPSA) is 9.34 Å². The van der Waals surface area contributed by atoms with Crippen molar-refractivity contribution in [3.63, 3.8) is 0 Å². The van der Waals surface area contributed by atoms with E-state index in [4.69, 9.17) is 0 Å². The molecule has 0 saturated carbocycles. The van der Waals surface area contributed by atoms with Gasteiger partial charge in [0.2, 0.25) is 0 Å². The minimum Gasteiger partial charge on any atom is -0.330 e. The van der Waals surface area contributed by atoms with Gasteiger partial charge in [-0.25, -0.2) is 0 Å². The zero-order chi connectivity index (χ0) is 7.84. The van der Waals surface area contributed by atoms with Crippen molar-refractivity contribution in [1.29, 1.82) is 0 Å². The van der Waals surface area contributed by atoms with Gasteiger partial charge in [0.15, 0.2) is 0 Å². The molecule has 0 bridgehead atoms. The molecule has 0 aliphatic carbocycles. The largest absolute Gasteiger partial charge is 0.330 e. The van der Waals surface area contributed by atoms with Gasteiger partial charge in [-0.2, -0.15) is 0 Å². The van der Waals surface area contributed by atoms with Crippen LogP contribution in [0, 0.1) is 0 Å². The van der Waals surface area contributed by atoms with Crippen molar-refractivity contribution in [2.45, 2.75) is 19.9 Å². The molecule has 0 aromatic carbocycles. The van der Waals surface area contributed by atoms with Gasteiger partial charge in [-0.05, 0) is 26.0 Å². The Kier molecular flexibility index (Phi) is 1.28. The van der Waals surface area contributed by atoms with E-state index in [1.807, 2.05) is 0 Å².